The molecule has 0 radical (unpaired) electrons. The number of halogens is 4. The van der Waals surface area contributed by atoms with Crippen molar-refractivity contribution in [2.24, 2.45) is 0 Å². The fourth-order valence-corrected chi connectivity index (χ4v) is 3.12. The zero-order chi connectivity index (χ0) is 21.8. The molecule has 1 atom stereocenters. The SMILES string of the molecule is C=CCOC(C)(Cn1cncn1)c1ccc(Oc2ccc(Cl)cc2)cc1C(F)(F)F. The van der Waals surface area contributed by atoms with E-state index in [9.17, 15) is 13.2 Å². The van der Waals surface area contributed by atoms with E-state index in [2.05, 4.69) is 16.7 Å². The van der Waals surface area contributed by atoms with Crippen molar-refractivity contribution in [1.82, 2.24) is 14.8 Å². The first-order chi connectivity index (χ1) is 14.2. The standard InChI is InChI=1S/C21H19ClF3N3O2/c1-3-10-29-20(2,12-28-14-26-13-27-28)18-9-8-17(11-19(18)21(23,24)25)30-16-6-4-15(22)5-7-16/h3-9,11,13-14H,1,10,12H2,2H3. The normalized spacial score (nSPS) is 13.6. The molecule has 0 saturated carbocycles. The summed E-state index contributed by atoms with van der Waals surface area (Å²) in [5.74, 6) is 0.411. The first-order valence-electron chi connectivity index (χ1n) is 8.94. The van der Waals surface area contributed by atoms with Crippen LogP contribution in [0, 0.1) is 0 Å². The Labute approximate surface area is 176 Å². The van der Waals surface area contributed by atoms with Crippen LogP contribution in [0.3, 0.4) is 0 Å². The summed E-state index contributed by atoms with van der Waals surface area (Å²) in [5.41, 5.74) is -2.25. The van der Waals surface area contributed by atoms with Gasteiger partial charge in [-0.1, -0.05) is 23.7 Å². The molecular weight excluding hydrogens is 419 g/mol. The fraction of sp³-hybridized carbons (Fsp3) is 0.238. The first kappa shape index (κ1) is 21.9. The minimum Gasteiger partial charge on any atom is -0.457 e. The number of hydrogen-bond acceptors (Lipinski definition) is 4. The molecule has 1 heterocycles. The summed E-state index contributed by atoms with van der Waals surface area (Å²) < 4.78 is 54.7. The maximum atomic E-state index is 14.0. The number of benzene rings is 2. The molecule has 0 N–H and O–H groups in total. The maximum absolute atomic E-state index is 14.0. The largest absolute Gasteiger partial charge is 0.457 e. The molecule has 3 rings (SSSR count). The molecule has 0 amide bonds. The smallest absolute Gasteiger partial charge is 0.416 e. The molecule has 0 aliphatic carbocycles. The molecule has 0 bridgehead atoms. The second-order valence-corrected chi connectivity index (χ2v) is 7.12. The molecule has 30 heavy (non-hydrogen) atoms. The number of nitrogens with zero attached hydrogens (tertiary/aromatic N) is 3. The van der Waals surface area contributed by atoms with Gasteiger partial charge in [0.15, 0.2) is 0 Å². The van der Waals surface area contributed by atoms with E-state index in [1.54, 1.807) is 31.2 Å². The van der Waals surface area contributed by atoms with E-state index in [1.807, 2.05) is 0 Å². The van der Waals surface area contributed by atoms with Crippen molar-refractivity contribution in [3.05, 3.63) is 83.9 Å². The second kappa shape index (κ2) is 8.89. The van der Waals surface area contributed by atoms with Crippen molar-refractivity contribution in [1.29, 1.82) is 0 Å². The van der Waals surface area contributed by atoms with Gasteiger partial charge in [0.2, 0.25) is 0 Å². The zero-order valence-electron chi connectivity index (χ0n) is 16.1. The Morgan fingerprint density at radius 3 is 2.40 bits per heavy atom. The van der Waals surface area contributed by atoms with Crippen LogP contribution in [0.2, 0.25) is 5.02 Å². The fourth-order valence-electron chi connectivity index (χ4n) is 3.00. The third-order valence-corrected chi connectivity index (χ3v) is 4.62. The lowest BCUT2D eigenvalue weighted by atomic mass is 9.90. The van der Waals surface area contributed by atoms with Gasteiger partial charge in [0.1, 0.15) is 29.8 Å². The lowest BCUT2D eigenvalue weighted by Gasteiger charge is -2.32. The number of alkyl halides is 3. The molecule has 5 nitrogen and oxygen atoms in total. The Hall–Kier alpha value is -2.84. The maximum Gasteiger partial charge on any atom is 0.416 e. The summed E-state index contributed by atoms with van der Waals surface area (Å²) in [4.78, 5) is 3.84. The molecule has 158 valence electrons. The van der Waals surface area contributed by atoms with Crippen LogP contribution in [-0.4, -0.2) is 21.4 Å². The minimum absolute atomic E-state index is 0.0291. The molecule has 3 aromatic rings. The quantitative estimate of drug-likeness (QED) is 0.414. The van der Waals surface area contributed by atoms with Crippen LogP contribution in [0.1, 0.15) is 18.1 Å². The van der Waals surface area contributed by atoms with Gasteiger partial charge in [-0.2, -0.15) is 18.3 Å². The number of rotatable bonds is 8. The highest BCUT2D eigenvalue weighted by Crippen LogP contribution is 2.41. The topological polar surface area (TPSA) is 49.2 Å². The molecule has 2 aromatic carbocycles. The lowest BCUT2D eigenvalue weighted by molar-refractivity contribution is -0.142. The van der Waals surface area contributed by atoms with E-state index in [-0.39, 0.29) is 24.5 Å². The molecular formula is C21H19ClF3N3O2. The van der Waals surface area contributed by atoms with Crippen molar-refractivity contribution in [2.45, 2.75) is 25.2 Å². The Morgan fingerprint density at radius 2 is 1.80 bits per heavy atom. The number of ether oxygens (including phenoxy) is 2. The van der Waals surface area contributed by atoms with Crippen molar-refractivity contribution in [3.8, 4) is 11.5 Å². The predicted octanol–water partition coefficient (Wildman–Crippen LogP) is 5.86. The van der Waals surface area contributed by atoms with Gasteiger partial charge in [-0.3, -0.25) is 0 Å². The van der Waals surface area contributed by atoms with Gasteiger partial charge >= 0.3 is 6.18 Å². The Kier molecular flexibility index (Phi) is 6.48. The van der Waals surface area contributed by atoms with E-state index < -0.39 is 17.3 Å². The van der Waals surface area contributed by atoms with Crippen LogP contribution in [0.5, 0.6) is 11.5 Å². The van der Waals surface area contributed by atoms with E-state index >= 15 is 0 Å². The average Bonchev–Trinajstić information content (AvgIpc) is 3.20. The highest BCUT2D eigenvalue weighted by atomic mass is 35.5. The van der Waals surface area contributed by atoms with Gasteiger partial charge in [-0.25, -0.2) is 9.67 Å². The Morgan fingerprint density at radius 1 is 1.10 bits per heavy atom. The molecule has 1 aromatic heterocycles. The van der Waals surface area contributed by atoms with Gasteiger partial charge in [0.25, 0.3) is 0 Å². The first-order valence-corrected chi connectivity index (χ1v) is 9.31. The summed E-state index contributed by atoms with van der Waals surface area (Å²) >= 11 is 5.83. The third-order valence-electron chi connectivity index (χ3n) is 4.37. The van der Waals surface area contributed by atoms with Crippen LogP contribution in [0.25, 0.3) is 0 Å². The average molecular weight is 438 g/mol. The van der Waals surface area contributed by atoms with E-state index in [1.165, 1.54) is 35.5 Å². The summed E-state index contributed by atoms with van der Waals surface area (Å²) in [6.07, 6.45) is -0.427. The Balaban J connectivity index is 2.02. The van der Waals surface area contributed by atoms with Crippen LogP contribution in [0.4, 0.5) is 13.2 Å². The molecule has 1 unspecified atom stereocenters. The van der Waals surface area contributed by atoms with Crippen LogP contribution in [0.15, 0.2) is 67.8 Å². The van der Waals surface area contributed by atoms with E-state index in [4.69, 9.17) is 21.1 Å². The summed E-state index contributed by atoms with van der Waals surface area (Å²) in [6.45, 7) is 5.24. The molecule has 9 heteroatoms. The highest BCUT2D eigenvalue weighted by molar-refractivity contribution is 6.30. The zero-order valence-corrected chi connectivity index (χ0v) is 16.8. The van der Waals surface area contributed by atoms with Gasteiger partial charge in [-0.05, 0) is 48.9 Å². The van der Waals surface area contributed by atoms with Crippen LogP contribution < -0.4 is 4.74 Å². The van der Waals surface area contributed by atoms with Crippen molar-refractivity contribution in [3.63, 3.8) is 0 Å². The van der Waals surface area contributed by atoms with Gasteiger partial charge in [-0.15, -0.1) is 6.58 Å². The monoisotopic (exact) mass is 437 g/mol. The van der Waals surface area contributed by atoms with Gasteiger partial charge in [0.05, 0.1) is 18.7 Å². The van der Waals surface area contributed by atoms with Crippen molar-refractivity contribution in [2.75, 3.05) is 6.61 Å². The van der Waals surface area contributed by atoms with Crippen molar-refractivity contribution < 1.29 is 22.6 Å². The molecule has 0 aliphatic heterocycles. The Bertz CT molecular complexity index is 992. The molecule has 0 aliphatic rings. The molecule has 0 saturated heterocycles. The van der Waals surface area contributed by atoms with Gasteiger partial charge < -0.3 is 9.47 Å². The molecule has 0 spiro atoms. The number of aromatic nitrogens is 3. The van der Waals surface area contributed by atoms with E-state index in [0.29, 0.717) is 10.8 Å². The highest BCUT2D eigenvalue weighted by Gasteiger charge is 2.41. The predicted molar refractivity (Wildman–Crippen MR) is 106 cm³/mol. The summed E-state index contributed by atoms with van der Waals surface area (Å²) in [6, 6.07) is 10.1. The lowest BCUT2D eigenvalue weighted by Crippen LogP contribution is -2.34. The molecule has 0 fully saturated rings. The van der Waals surface area contributed by atoms with Crippen LogP contribution in [-0.2, 0) is 23.1 Å². The summed E-state index contributed by atoms with van der Waals surface area (Å²) in [5, 5.41) is 4.49. The van der Waals surface area contributed by atoms with Crippen LogP contribution >= 0.6 is 11.6 Å². The number of hydrogen-bond donors (Lipinski definition) is 0. The third kappa shape index (κ3) is 5.20. The van der Waals surface area contributed by atoms with Crippen molar-refractivity contribution >= 4 is 11.6 Å². The van der Waals surface area contributed by atoms with E-state index in [0.717, 1.165) is 6.07 Å². The van der Waals surface area contributed by atoms with Gasteiger partial charge in [0, 0.05) is 5.02 Å². The second-order valence-electron chi connectivity index (χ2n) is 6.68. The summed E-state index contributed by atoms with van der Waals surface area (Å²) in [7, 11) is 0. The minimum atomic E-state index is -4.63.